The van der Waals surface area contributed by atoms with E-state index >= 15 is 0 Å². The number of anilines is 3. The van der Waals surface area contributed by atoms with Crippen LogP contribution in [0, 0.1) is 0 Å². The third-order valence-electron chi connectivity index (χ3n) is 3.53. The Labute approximate surface area is 132 Å². The molecule has 0 amide bonds. The van der Waals surface area contributed by atoms with E-state index in [4.69, 9.17) is 19.6 Å². The van der Waals surface area contributed by atoms with E-state index in [1.165, 1.54) is 0 Å². The van der Waals surface area contributed by atoms with Gasteiger partial charge in [-0.1, -0.05) is 12.1 Å². The second-order valence-electron chi connectivity index (χ2n) is 5.10. The quantitative estimate of drug-likeness (QED) is 0.721. The van der Waals surface area contributed by atoms with Crippen LogP contribution in [0.2, 0.25) is 0 Å². The van der Waals surface area contributed by atoms with Crippen molar-refractivity contribution < 1.29 is 13.9 Å². The van der Waals surface area contributed by atoms with Gasteiger partial charge in [0.1, 0.15) is 13.2 Å². The van der Waals surface area contributed by atoms with Gasteiger partial charge < -0.3 is 24.9 Å². The molecule has 1 aliphatic rings. The molecule has 116 valence electrons. The van der Waals surface area contributed by atoms with Crippen molar-refractivity contribution in [1.82, 2.24) is 4.98 Å². The van der Waals surface area contributed by atoms with Crippen molar-refractivity contribution in [2.45, 2.75) is 0 Å². The molecule has 0 bridgehead atoms. The minimum Gasteiger partial charge on any atom is -0.486 e. The molecule has 6 nitrogen and oxygen atoms in total. The summed E-state index contributed by atoms with van der Waals surface area (Å²) in [4.78, 5) is 4.24. The van der Waals surface area contributed by atoms with Crippen LogP contribution < -0.4 is 20.5 Å². The molecule has 1 aliphatic heterocycles. The SMILES string of the molecule is Nc1ccccc1-c1cnc(Nc2ccc3c(c2)OCCO3)o1. The highest BCUT2D eigenvalue weighted by molar-refractivity contribution is 5.72. The van der Waals surface area contributed by atoms with Crippen molar-refractivity contribution in [3.05, 3.63) is 48.7 Å². The molecule has 0 unspecified atom stereocenters. The Bertz CT molecular complexity index is 845. The summed E-state index contributed by atoms with van der Waals surface area (Å²) in [5.41, 5.74) is 8.22. The number of nitrogens with zero attached hydrogens (tertiary/aromatic N) is 1. The fourth-order valence-corrected chi connectivity index (χ4v) is 2.42. The molecule has 3 N–H and O–H groups in total. The maximum atomic E-state index is 5.95. The Kier molecular flexibility index (Phi) is 3.27. The third kappa shape index (κ3) is 2.66. The summed E-state index contributed by atoms with van der Waals surface area (Å²) < 4.78 is 16.8. The van der Waals surface area contributed by atoms with Crippen LogP contribution in [0.5, 0.6) is 11.5 Å². The van der Waals surface area contributed by atoms with E-state index in [-0.39, 0.29) is 0 Å². The van der Waals surface area contributed by atoms with Crippen LogP contribution in [0.4, 0.5) is 17.4 Å². The zero-order chi connectivity index (χ0) is 15.6. The molecular formula is C17H15N3O3. The molecule has 1 aromatic heterocycles. The Morgan fingerprint density at radius 2 is 1.83 bits per heavy atom. The van der Waals surface area contributed by atoms with Crippen molar-refractivity contribution in [3.8, 4) is 22.8 Å². The number of nitrogen functional groups attached to an aromatic ring is 1. The van der Waals surface area contributed by atoms with Gasteiger partial charge in [0.05, 0.1) is 6.20 Å². The van der Waals surface area contributed by atoms with Crippen molar-refractivity contribution in [2.24, 2.45) is 0 Å². The Morgan fingerprint density at radius 1 is 1.00 bits per heavy atom. The fourth-order valence-electron chi connectivity index (χ4n) is 2.42. The van der Waals surface area contributed by atoms with Gasteiger partial charge in [0.25, 0.3) is 6.01 Å². The first-order valence-electron chi connectivity index (χ1n) is 7.27. The van der Waals surface area contributed by atoms with Gasteiger partial charge >= 0.3 is 0 Å². The largest absolute Gasteiger partial charge is 0.486 e. The number of nitrogens with two attached hydrogens (primary N) is 1. The summed E-state index contributed by atoms with van der Waals surface area (Å²) in [6, 6.07) is 13.5. The molecule has 2 heterocycles. The van der Waals surface area contributed by atoms with Gasteiger partial charge in [0.2, 0.25) is 0 Å². The smallest absolute Gasteiger partial charge is 0.299 e. The average Bonchev–Trinajstić information content (AvgIpc) is 3.03. The molecular weight excluding hydrogens is 294 g/mol. The molecule has 0 radical (unpaired) electrons. The van der Waals surface area contributed by atoms with Gasteiger partial charge in [-0.25, -0.2) is 4.98 Å². The second kappa shape index (κ2) is 5.57. The number of rotatable bonds is 3. The van der Waals surface area contributed by atoms with Crippen LogP contribution in [-0.2, 0) is 0 Å². The van der Waals surface area contributed by atoms with Crippen LogP contribution in [0.1, 0.15) is 0 Å². The van der Waals surface area contributed by atoms with Crippen LogP contribution >= 0.6 is 0 Å². The third-order valence-corrected chi connectivity index (χ3v) is 3.53. The maximum Gasteiger partial charge on any atom is 0.299 e. The zero-order valence-electron chi connectivity index (χ0n) is 12.3. The molecule has 0 saturated heterocycles. The van der Waals surface area contributed by atoms with Gasteiger partial charge in [-0.3, -0.25) is 0 Å². The highest BCUT2D eigenvalue weighted by Crippen LogP contribution is 2.34. The first-order chi connectivity index (χ1) is 11.3. The second-order valence-corrected chi connectivity index (χ2v) is 5.10. The number of hydrogen-bond donors (Lipinski definition) is 2. The minimum absolute atomic E-state index is 0.389. The molecule has 2 aromatic carbocycles. The molecule has 23 heavy (non-hydrogen) atoms. The molecule has 6 heteroatoms. The zero-order valence-corrected chi connectivity index (χ0v) is 12.3. The van der Waals surface area contributed by atoms with Crippen LogP contribution in [0.25, 0.3) is 11.3 Å². The number of benzene rings is 2. The topological polar surface area (TPSA) is 82.5 Å². The molecule has 0 aliphatic carbocycles. The Hall–Kier alpha value is -3.15. The maximum absolute atomic E-state index is 5.95. The Morgan fingerprint density at radius 3 is 2.70 bits per heavy atom. The van der Waals surface area contributed by atoms with Crippen LogP contribution in [0.15, 0.2) is 53.1 Å². The molecule has 0 fully saturated rings. The number of nitrogens with one attached hydrogen (secondary N) is 1. The van der Waals surface area contributed by atoms with Gasteiger partial charge in [0, 0.05) is 23.0 Å². The molecule has 0 saturated carbocycles. The summed E-state index contributed by atoms with van der Waals surface area (Å²) in [5, 5.41) is 3.11. The van der Waals surface area contributed by atoms with Gasteiger partial charge in [-0.15, -0.1) is 0 Å². The summed E-state index contributed by atoms with van der Waals surface area (Å²) in [6.07, 6.45) is 1.64. The number of oxazole rings is 1. The van der Waals surface area contributed by atoms with E-state index in [9.17, 15) is 0 Å². The van der Waals surface area contributed by atoms with Crippen LogP contribution in [-0.4, -0.2) is 18.2 Å². The van der Waals surface area contributed by atoms with Crippen molar-refractivity contribution in [2.75, 3.05) is 24.3 Å². The monoisotopic (exact) mass is 309 g/mol. The molecule has 3 aromatic rings. The predicted octanol–water partition coefficient (Wildman–Crippen LogP) is 3.44. The fraction of sp³-hybridized carbons (Fsp3) is 0.118. The van der Waals surface area contributed by atoms with E-state index in [1.54, 1.807) is 6.20 Å². The highest BCUT2D eigenvalue weighted by atomic mass is 16.6. The lowest BCUT2D eigenvalue weighted by Gasteiger charge is -2.18. The van der Waals surface area contributed by atoms with E-state index in [1.807, 2.05) is 42.5 Å². The van der Waals surface area contributed by atoms with Crippen molar-refractivity contribution >= 4 is 17.4 Å². The van der Waals surface area contributed by atoms with Crippen molar-refractivity contribution in [3.63, 3.8) is 0 Å². The van der Waals surface area contributed by atoms with Crippen molar-refractivity contribution in [1.29, 1.82) is 0 Å². The molecule has 0 atom stereocenters. The summed E-state index contributed by atoms with van der Waals surface area (Å²) >= 11 is 0. The lowest BCUT2D eigenvalue weighted by molar-refractivity contribution is 0.171. The average molecular weight is 309 g/mol. The normalized spacial score (nSPS) is 12.9. The first kappa shape index (κ1) is 13.5. The number of ether oxygens (including phenoxy) is 2. The van der Waals surface area contributed by atoms with Gasteiger partial charge in [-0.2, -0.15) is 0 Å². The summed E-state index contributed by atoms with van der Waals surface area (Å²) in [7, 11) is 0. The summed E-state index contributed by atoms with van der Waals surface area (Å²) in [5.74, 6) is 2.07. The van der Waals surface area contributed by atoms with E-state index in [2.05, 4.69) is 10.3 Å². The first-order valence-corrected chi connectivity index (χ1v) is 7.27. The van der Waals surface area contributed by atoms with Gasteiger partial charge in [-0.05, 0) is 24.3 Å². The molecule has 4 rings (SSSR count). The standard InChI is InChI=1S/C17H15N3O3/c18-13-4-2-1-3-12(13)16-10-19-17(23-16)20-11-5-6-14-15(9-11)22-8-7-21-14/h1-6,9-10H,7-8,18H2,(H,19,20). The lowest BCUT2D eigenvalue weighted by Crippen LogP contribution is -2.15. The van der Waals surface area contributed by atoms with E-state index in [0.717, 1.165) is 17.0 Å². The number of hydrogen-bond acceptors (Lipinski definition) is 6. The lowest BCUT2D eigenvalue weighted by atomic mass is 10.1. The number of aromatic nitrogens is 1. The number of para-hydroxylation sites is 1. The van der Waals surface area contributed by atoms with Gasteiger partial charge in [0.15, 0.2) is 17.3 Å². The highest BCUT2D eigenvalue weighted by Gasteiger charge is 2.13. The van der Waals surface area contributed by atoms with E-state index < -0.39 is 0 Å². The van der Waals surface area contributed by atoms with Crippen LogP contribution in [0.3, 0.4) is 0 Å². The summed E-state index contributed by atoms with van der Waals surface area (Å²) in [6.45, 7) is 1.12. The Balaban J connectivity index is 1.57. The predicted molar refractivity (Wildman–Crippen MR) is 87.1 cm³/mol. The number of fused-ring (bicyclic) bond motifs is 1. The molecule has 0 spiro atoms. The van der Waals surface area contributed by atoms with E-state index in [0.29, 0.717) is 36.4 Å². The minimum atomic E-state index is 0.389.